The van der Waals surface area contributed by atoms with Crippen LogP contribution in [0.5, 0.6) is 0 Å². The van der Waals surface area contributed by atoms with E-state index in [-0.39, 0.29) is 5.92 Å². The zero-order valence-corrected chi connectivity index (χ0v) is 12.6. The highest BCUT2D eigenvalue weighted by Gasteiger charge is 2.29. The van der Waals surface area contributed by atoms with Gasteiger partial charge in [0.1, 0.15) is 0 Å². The average molecular weight is 279 g/mol. The van der Waals surface area contributed by atoms with Crippen LogP contribution in [0.4, 0.5) is 0 Å². The van der Waals surface area contributed by atoms with Crippen LogP contribution in [-0.4, -0.2) is 61.0 Å². The molecule has 3 fully saturated rings. The van der Waals surface area contributed by atoms with E-state index in [1.807, 2.05) is 0 Å². The molecule has 0 aromatic carbocycles. The van der Waals surface area contributed by atoms with Gasteiger partial charge in [-0.1, -0.05) is 12.8 Å². The molecule has 3 rings (SSSR count). The van der Waals surface area contributed by atoms with Crippen LogP contribution >= 0.6 is 0 Å². The van der Waals surface area contributed by atoms with Crippen molar-refractivity contribution >= 4 is 5.91 Å². The van der Waals surface area contributed by atoms with E-state index in [0.717, 1.165) is 58.0 Å². The van der Waals surface area contributed by atoms with Gasteiger partial charge >= 0.3 is 0 Å². The monoisotopic (exact) mass is 279 g/mol. The Labute approximate surface area is 122 Å². The van der Waals surface area contributed by atoms with Gasteiger partial charge in [-0.15, -0.1) is 0 Å². The van der Waals surface area contributed by atoms with Gasteiger partial charge < -0.3 is 10.2 Å². The Morgan fingerprint density at radius 1 is 0.900 bits per heavy atom. The van der Waals surface area contributed by atoms with E-state index in [2.05, 4.69) is 15.1 Å². The number of carbonyl (C=O) groups excluding carboxylic acids is 1. The number of amides is 1. The molecule has 2 aliphatic heterocycles. The average Bonchev–Trinajstić information content (AvgIpc) is 2.92. The lowest BCUT2D eigenvalue weighted by Crippen LogP contribution is -2.44. The Hall–Kier alpha value is -0.610. The zero-order chi connectivity index (χ0) is 13.8. The van der Waals surface area contributed by atoms with E-state index in [0.29, 0.717) is 5.91 Å². The number of hydrogen-bond donors (Lipinski definition) is 1. The summed E-state index contributed by atoms with van der Waals surface area (Å²) >= 11 is 0. The number of nitrogens with one attached hydrogen (secondary N) is 1. The minimum atomic E-state index is 0.238. The van der Waals surface area contributed by atoms with Crippen LogP contribution in [0.3, 0.4) is 0 Å². The topological polar surface area (TPSA) is 35.6 Å². The summed E-state index contributed by atoms with van der Waals surface area (Å²) in [6, 6.07) is 0.807. The molecule has 114 valence electrons. The Balaban J connectivity index is 1.52. The molecule has 1 unspecified atom stereocenters. The van der Waals surface area contributed by atoms with Crippen molar-refractivity contribution in [3.63, 3.8) is 0 Å². The highest BCUT2D eigenvalue weighted by atomic mass is 16.2. The minimum absolute atomic E-state index is 0.238. The summed E-state index contributed by atoms with van der Waals surface area (Å²) in [6.45, 7) is 6.18. The van der Waals surface area contributed by atoms with Crippen LogP contribution in [0.1, 0.15) is 44.9 Å². The molecular weight excluding hydrogens is 250 g/mol. The molecule has 0 aromatic rings. The van der Waals surface area contributed by atoms with Gasteiger partial charge in [0, 0.05) is 38.8 Å². The maximum absolute atomic E-state index is 12.6. The first-order valence-corrected chi connectivity index (χ1v) is 8.58. The third-order valence-corrected chi connectivity index (χ3v) is 5.33. The van der Waals surface area contributed by atoms with Crippen molar-refractivity contribution in [1.82, 2.24) is 15.1 Å². The quantitative estimate of drug-likeness (QED) is 0.831. The first kappa shape index (κ1) is 14.3. The fraction of sp³-hybridized carbons (Fsp3) is 0.938. The normalized spacial score (nSPS) is 30.4. The molecule has 1 aliphatic carbocycles. The fourth-order valence-electron chi connectivity index (χ4n) is 4.11. The van der Waals surface area contributed by atoms with Crippen molar-refractivity contribution in [2.45, 2.75) is 51.0 Å². The smallest absolute Gasteiger partial charge is 0.227 e. The lowest BCUT2D eigenvalue weighted by atomic mass is 9.98. The van der Waals surface area contributed by atoms with Gasteiger partial charge in [0.2, 0.25) is 5.91 Å². The summed E-state index contributed by atoms with van der Waals surface area (Å²) < 4.78 is 0. The number of rotatable bonds is 2. The van der Waals surface area contributed by atoms with E-state index in [9.17, 15) is 4.79 Å². The summed E-state index contributed by atoms with van der Waals surface area (Å²) in [6.07, 6.45) is 8.94. The highest BCUT2D eigenvalue weighted by Crippen LogP contribution is 2.24. The highest BCUT2D eigenvalue weighted by molar-refractivity contribution is 5.79. The van der Waals surface area contributed by atoms with Gasteiger partial charge in [0.15, 0.2) is 0 Å². The number of piperidine rings is 1. The molecule has 1 atom stereocenters. The number of hydrogen-bond acceptors (Lipinski definition) is 3. The molecule has 0 aromatic heterocycles. The summed E-state index contributed by atoms with van der Waals surface area (Å²) in [7, 11) is 0. The van der Waals surface area contributed by atoms with Gasteiger partial charge in [-0.05, 0) is 38.6 Å². The van der Waals surface area contributed by atoms with Crippen LogP contribution in [0, 0.1) is 5.92 Å². The predicted octanol–water partition coefficient (Wildman–Crippen LogP) is 1.46. The van der Waals surface area contributed by atoms with Crippen molar-refractivity contribution < 1.29 is 4.79 Å². The van der Waals surface area contributed by atoms with Gasteiger partial charge in [0.05, 0.1) is 5.92 Å². The second kappa shape index (κ2) is 6.90. The van der Waals surface area contributed by atoms with E-state index < -0.39 is 0 Å². The molecule has 0 spiro atoms. The van der Waals surface area contributed by atoms with Gasteiger partial charge in [-0.3, -0.25) is 9.69 Å². The van der Waals surface area contributed by atoms with Gasteiger partial charge in [0.25, 0.3) is 0 Å². The first-order chi connectivity index (χ1) is 9.84. The molecule has 1 saturated carbocycles. The SMILES string of the molecule is O=C(C1CCCNC1)N1CCCN(C2CCCC2)CC1. The Morgan fingerprint density at radius 2 is 1.75 bits per heavy atom. The standard InChI is InChI=1S/C16H29N3O/c20-16(14-5-3-8-17-13-14)19-10-4-9-18(11-12-19)15-6-1-2-7-15/h14-15,17H,1-13H2. The largest absolute Gasteiger partial charge is 0.341 e. The van der Waals surface area contributed by atoms with Crippen molar-refractivity contribution in [3.05, 3.63) is 0 Å². The van der Waals surface area contributed by atoms with E-state index in [1.165, 1.54) is 32.2 Å². The van der Waals surface area contributed by atoms with Crippen molar-refractivity contribution in [1.29, 1.82) is 0 Å². The lowest BCUT2D eigenvalue weighted by Gasteiger charge is -2.30. The van der Waals surface area contributed by atoms with Gasteiger partial charge in [-0.25, -0.2) is 0 Å². The molecule has 0 radical (unpaired) electrons. The Morgan fingerprint density at radius 3 is 2.50 bits per heavy atom. The second-order valence-electron chi connectivity index (χ2n) is 6.70. The van der Waals surface area contributed by atoms with E-state index in [4.69, 9.17) is 0 Å². The fourth-order valence-corrected chi connectivity index (χ4v) is 4.11. The molecule has 2 heterocycles. The maximum atomic E-state index is 12.6. The summed E-state index contributed by atoms with van der Waals surface area (Å²) in [5, 5.41) is 3.37. The summed E-state index contributed by atoms with van der Waals surface area (Å²) in [5.74, 6) is 0.646. The molecule has 0 bridgehead atoms. The number of nitrogens with zero attached hydrogens (tertiary/aromatic N) is 2. The molecular formula is C16H29N3O. The van der Waals surface area contributed by atoms with Crippen LogP contribution in [-0.2, 0) is 4.79 Å². The zero-order valence-electron chi connectivity index (χ0n) is 12.6. The van der Waals surface area contributed by atoms with Crippen LogP contribution in [0.15, 0.2) is 0 Å². The molecule has 2 saturated heterocycles. The Bertz CT molecular complexity index is 322. The van der Waals surface area contributed by atoms with Crippen LogP contribution in [0.25, 0.3) is 0 Å². The lowest BCUT2D eigenvalue weighted by molar-refractivity contribution is -0.135. The number of carbonyl (C=O) groups is 1. The molecule has 3 aliphatic rings. The van der Waals surface area contributed by atoms with E-state index >= 15 is 0 Å². The van der Waals surface area contributed by atoms with Gasteiger partial charge in [-0.2, -0.15) is 0 Å². The van der Waals surface area contributed by atoms with Crippen molar-refractivity contribution in [2.75, 3.05) is 39.3 Å². The molecule has 4 nitrogen and oxygen atoms in total. The predicted molar refractivity (Wildman–Crippen MR) is 80.6 cm³/mol. The first-order valence-electron chi connectivity index (χ1n) is 8.58. The summed E-state index contributed by atoms with van der Waals surface area (Å²) in [4.78, 5) is 17.4. The molecule has 1 N–H and O–H groups in total. The van der Waals surface area contributed by atoms with Crippen molar-refractivity contribution in [3.8, 4) is 0 Å². The molecule has 1 amide bonds. The van der Waals surface area contributed by atoms with Crippen LogP contribution < -0.4 is 5.32 Å². The maximum Gasteiger partial charge on any atom is 0.227 e. The third-order valence-electron chi connectivity index (χ3n) is 5.33. The minimum Gasteiger partial charge on any atom is -0.341 e. The third kappa shape index (κ3) is 3.34. The second-order valence-corrected chi connectivity index (χ2v) is 6.70. The molecule has 4 heteroatoms. The summed E-state index contributed by atoms with van der Waals surface area (Å²) in [5.41, 5.74) is 0. The van der Waals surface area contributed by atoms with E-state index in [1.54, 1.807) is 0 Å². The molecule has 20 heavy (non-hydrogen) atoms. The Kier molecular flexibility index (Phi) is 4.94. The van der Waals surface area contributed by atoms with Crippen molar-refractivity contribution in [2.24, 2.45) is 5.92 Å². The van der Waals surface area contributed by atoms with Crippen LogP contribution in [0.2, 0.25) is 0 Å².